The van der Waals surface area contributed by atoms with Crippen molar-refractivity contribution in [2.45, 2.75) is 63.5 Å². The van der Waals surface area contributed by atoms with Crippen molar-refractivity contribution in [3.05, 3.63) is 35.4 Å². The summed E-state index contributed by atoms with van der Waals surface area (Å²) in [5.41, 5.74) is 3.36. The van der Waals surface area contributed by atoms with Crippen LogP contribution < -0.4 is 5.32 Å². The van der Waals surface area contributed by atoms with Gasteiger partial charge in [0.05, 0.1) is 6.10 Å². The third kappa shape index (κ3) is 2.91. The minimum absolute atomic E-state index is 0.323. The van der Waals surface area contributed by atoms with Crippen LogP contribution in [0.3, 0.4) is 0 Å². The lowest BCUT2D eigenvalue weighted by atomic mass is 9.71. The fraction of sp³-hybridized carbons (Fsp3) is 0.667. The van der Waals surface area contributed by atoms with Crippen LogP contribution in [0.15, 0.2) is 24.3 Å². The molecule has 1 N–H and O–H groups in total. The molecule has 1 aromatic carbocycles. The Hall–Kier alpha value is -0.860. The summed E-state index contributed by atoms with van der Waals surface area (Å²) in [4.78, 5) is 0. The van der Waals surface area contributed by atoms with Crippen LogP contribution in [0.1, 0.15) is 63.1 Å². The number of ether oxygens (including phenoxy) is 1. The van der Waals surface area contributed by atoms with Crippen molar-refractivity contribution >= 4 is 0 Å². The van der Waals surface area contributed by atoms with Crippen molar-refractivity contribution in [3.63, 3.8) is 0 Å². The Balaban J connectivity index is 1.62. The first-order chi connectivity index (χ1) is 9.67. The van der Waals surface area contributed by atoms with Gasteiger partial charge in [0.2, 0.25) is 0 Å². The first kappa shape index (κ1) is 14.1. The van der Waals surface area contributed by atoms with E-state index in [1.165, 1.54) is 36.8 Å². The molecule has 1 saturated heterocycles. The highest BCUT2D eigenvalue weighted by atomic mass is 16.5. The second-order valence-electron chi connectivity index (χ2n) is 6.94. The van der Waals surface area contributed by atoms with Gasteiger partial charge in [-0.1, -0.05) is 38.1 Å². The maximum Gasteiger partial charge on any atom is 0.0588 e. The van der Waals surface area contributed by atoms with Gasteiger partial charge in [-0.05, 0) is 55.2 Å². The zero-order chi connectivity index (χ0) is 14.0. The predicted molar refractivity (Wildman–Crippen MR) is 83.0 cm³/mol. The van der Waals surface area contributed by atoms with E-state index in [-0.39, 0.29) is 0 Å². The minimum Gasteiger partial charge on any atom is -0.378 e. The summed E-state index contributed by atoms with van der Waals surface area (Å²) < 4.78 is 5.70. The summed E-state index contributed by atoms with van der Waals surface area (Å²) in [5, 5.41) is 3.76. The van der Waals surface area contributed by atoms with E-state index >= 15 is 0 Å². The standard InChI is InChI=1S/C18H27NO/c1-18(2)11-9-17(15-7-3-4-8-16(15)18)19-12-10-14-6-5-13-20-14/h3-4,7-8,14,17,19H,5-6,9-13H2,1-2H3. The van der Waals surface area contributed by atoms with E-state index in [0.29, 0.717) is 17.6 Å². The average molecular weight is 273 g/mol. The van der Waals surface area contributed by atoms with Gasteiger partial charge in [0.15, 0.2) is 0 Å². The third-order valence-electron chi connectivity index (χ3n) is 5.00. The SMILES string of the molecule is CC1(C)CCC(NCCC2CCCO2)c2ccccc21. The molecule has 2 aliphatic rings. The summed E-state index contributed by atoms with van der Waals surface area (Å²) in [7, 11) is 0. The molecule has 1 aliphatic carbocycles. The Labute approximate surface area is 122 Å². The Kier molecular flexibility index (Phi) is 4.13. The molecule has 0 aromatic heterocycles. The van der Waals surface area contributed by atoms with Gasteiger partial charge < -0.3 is 10.1 Å². The highest BCUT2D eigenvalue weighted by Gasteiger charge is 2.31. The van der Waals surface area contributed by atoms with Crippen LogP contribution in [-0.2, 0) is 10.2 Å². The smallest absolute Gasteiger partial charge is 0.0588 e. The van der Waals surface area contributed by atoms with Crippen LogP contribution in [0.25, 0.3) is 0 Å². The predicted octanol–water partition coefficient (Wildman–Crippen LogP) is 3.96. The van der Waals surface area contributed by atoms with Gasteiger partial charge >= 0.3 is 0 Å². The molecule has 0 spiro atoms. The second kappa shape index (κ2) is 5.87. The monoisotopic (exact) mass is 273 g/mol. The van der Waals surface area contributed by atoms with Gasteiger partial charge in [-0.25, -0.2) is 0 Å². The Morgan fingerprint density at radius 1 is 1.25 bits per heavy atom. The van der Waals surface area contributed by atoms with E-state index in [2.05, 4.69) is 43.4 Å². The number of hydrogen-bond acceptors (Lipinski definition) is 2. The summed E-state index contributed by atoms with van der Waals surface area (Å²) in [5.74, 6) is 0. The van der Waals surface area contributed by atoms with Crippen molar-refractivity contribution in [1.82, 2.24) is 5.32 Å². The van der Waals surface area contributed by atoms with Crippen molar-refractivity contribution in [2.24, 2.45) is 0 Å². The van der Waals surface area contributed by atoms with E-state index in [1.54, 1.807) is 0 Å². The fourth-order valence-electron chi connectivity index (χ4n) is 3.72. The van der Waals surface area contributed by atoms with Gasteiger partial charge in [0, 0.05) is 12.6 Å². The molecule has 20 heavy (non-hydrogen) atoms. The van der Waals surface area contributed by atoms with E-state index < -0.39 is 0 Å². The van der Waals surface area contributed by atoms with Gasteiger partial charge in [0.25, 0.3) is 0 Å². The van der Waals surface area contributed by atoms with Crippen LogP contribution in [0.4, 0.5) is 0 Å². The number of nitrogens with one attached hydrogen (secondary N) is 1. The lowest BCUT2D eigenvalue weighted by molar-refractivity contribution is 0.103. The average Bonchev–Trinajstić information content (AvgIpc) is 2.95. The molecule has 0 saturated carbocycles. The number of benzene rings is 1. The number of rotatable bonds is 4. The second-order valence-corrected chi connectivity index (χ2v) is 6.94. The molecule has 0 bridgehead atoms. The first-order valence-electron chi connectivity index (χ1n) is 8.11. The molecule has 2 heteroatoms. The van der Waals surface area contributed by atoms with Crippen molar-refractivity contribution < 1.29 is 4.74 Å². The van der Waals surface area contributed by atoms with E-state index in [9.17, 15) is 0 Å². The molecular formula is C18H27NO. The molecule has 110 valence electrons. The molecule has 3 rings (SSSR count). The Bertz CT molecular complexity index is 448. The van der Waals surface area contributed by atoms with Gasteiger partial charge in [-0.2, -0.15) is 0 Å². The molecule has 0 amide bonds. The highest BCUT2D eigenvalue weighted by Crippen LogP contribution is 2.41. The van der Waals surface area contributed by atoms with Gasteiger partial charge in [-0.15, -0.1) is 0 Å². The molecule has 2 atom stereocenters. The van der Waals surface area contributed by atoms with Crippen LogP contribution >= 0.6 is 0 Å². The zero-order valence-corrected chi connectivity index (χ0v) is 12.8. The molecule has 1 aromatic rings. The molecule has 1 fully saturated rings. The third-order valence-corrected chi connectivity index (χ3v) is 5.00. The lowest BCUT2D eigenvalue weighted by Crippen LogP contribution is -2.33. The van der Waals surface area contributed by atoms with Crippen molar-refractivity contribution in [1.29, 1.82) is 0 Å². The summed E-state index contributed by atoms with van der Waals surface area (Å²) in [6.07, 6.45) is 6.65. The highest BCUT2D eigenvalue weighted by molar-refractivity contribution is 5.38. The maximum absolute atomic E-state index is 5.70. The first-order valence-corrected chi connectivity index (χ1v) is 8.11. The topological polar surface area (TPSA) is 21.3 Å². The fourth-order valence-corrected chi connectivity index (χ4v) is 3.72. The zero-order valence-electron chi connectivity index (χ0n) is 12.8. The van der Waals surface area contributed by atoms with E-state index in [4.69, 9.17) is 4.74 Å². The van der Waals surface area contributed by atoms with Crippen LogP contribution in [0, 0.1) is 0 Å². The van der Waals surface area contributed by atoms with Crippen LogP contribution in [-0.4, -0.2) is 19.3 Å². The normalized spacial score (nSPS) is 28.3. The Morgan fingerprint density at radius 2 is 2.10 bits per heavy atom. The summed E-state index contributed by atoms with van der Waals surface area (Å²) in [6.45, 7) is 6.78. The number of fused-ring (bicyclic) bond motifs is 1. The molecule has 0 radical (unpaired) electrons. The minimum atomic E-state index is 0.323. The molecule has 1 aliphatic heterocycles. The number of hydrogen-bond donors (Lipinski definition) is 1. The Morgan fingerprint density at radius 3 is 2.90 bits per heavy atom. The van der Waals surface area contributed by atoms with Gasteiger partial charge in [0.1, 0.15) is 0 Å². The quantitative estimate of drug-likeness (QED) is 0.896. The largest absolute Gasteiger partial charge is 0.378 e. The maximum atomic E-state index is 5.70. The molecule has 1 heterocycles. The van der Waals surface area contributed by atoms with E-state index in [1.807, 2.05) is 0 Å². The van der Waals surface area contributed by atoms with Gasteiger partial charge in [-0.3, -0.25) is 0 Å². The summed E-state index contributed by atoms with van der Waals surface area (Å²) in [6, 6.07) is 9.49. The van der Waals surface area contributed by atoms with E-state index in [0.717, 1.165) is 19.6 Å². The molecule has 2 nitrogen and oxygen atoms in total. The molecular weight excluding hydrogens is 246 g/mol. The van der Waals surface area contributed by atoms with Crippen molar-refractivity contribution in [3.8, 4) is 0 Å². The van der Waals surface area contributed by atoms with Crippen LogP contribution in [0.5, 0.6) is 0 Å². The van der Waals surface area contributed by atoms with Crippen molar-refractivity contribution in [2.75, 3.05) is 13.2 Å². The lowest BCUT2D eigenvalue weighted by Gasteiger charge is -2.37. The van der Waals surface area contributed by atoms with Crippen LogP contribution in [0.2, 0.25) is 0 Å². The summed E-state index contributed by atoms with van der Waals surface area (Å²) >= 11 is 0. The molecule has 2 unspecified atom stereocenters.